The van der Waals surface area contributed by atoms with Crippen LogP contribution in [-0.4, -0.2) is 51.6 Å². The second-order valence-electron chi connectivity index (χ2n) is 7.80. The fourth-order valence-electron chi connectivity index (χ4n) is 3.31. The summed E-state index contributed by atoms with van der Waals surface area (Å²) in [5.41, 5.74) is 2.23. The van der Waals surface area contributed by atoms with E-state index in [2.05, 4.69) is 20.5 Å². The van der Waals surface area contributed by atoms with Gasteiger partial charge in [-0.3, -0.25) is 0 Å². The second-order valence-corrected chi connectivity index (χ2v) is 8.81. The van der Waals surface area contributed by atoms with E-state index in [1.807, 2.05) is 36.4 Å². The molecule has 186 valence electrons. The van der Waals surface area contributed by atoms with Crippen LogP contribution < -0.4 is 9.57 Å². The van der Waals surface area contributed by atoms with Crippen molar-refractivity contribution in [3.05, 3.63) is 71.8 Å². The number of ether oxygens (including phenoxy) is 2. The molecule has 0 saturated carbocycles. The molecule has 0 aliphatic rings. The summed E-state index contributed by atoms with van der Waals surface area (Å²) in [6.07, 6.45) is 10.8. The number of fused-ring (bicyclic) bond motifs is 1. The number of hydrogen-bond donors (Lipinski definition) is 0. The van der Waals surface area contributed by atoms with Crippen molar-refractivity contribution < 1.29 is 19.1 Å². The van der Waals surface area contributed by atoms with Gasteiger partial charge in [0, 0.05) is 25.4 Å². The molecule has 10 heteroatoms. The molecule has 0 atom stereocenters. The average molecular weight is 506 g/mol. The molecule has 0 amide bonds. The summed E-state index contributed by atoms with van der Waals surface area (Å²) in [6, 6.07) is 15.1. The van der Waals surface area contributed by atoms with E-state index in [1.165, 1.54) is 17.4 Å². The van der Waals surface area contributed by atoms with Gasteiger partial charge in [-0.2, -0.15) is 0 Å². The molecule has 4 rings (SSSR count). The number of para-hydroxylation sites is 1. The molecule has 36 heavy (non-hydrogen) atoms. The maximum absolute atomic E-state index is 12.0. The van der Waals surface area contributed by atoms with Gasteiger partial charge in [0.25, 0.3) is 0 Å². The Hall–Kier alpha value is -3.89. The Morgan fingerprint density at radius 1 is 0.944 bits per heavy atom. The van der Waals surface area contributed by atoms with Crippen molar-refractivity contribution in [2.45, 2.75) is 25.7 Å². The van der Waals surface area contributed by atoms with Gasteiger partial charge < -0.3 is 14.3 Å². The summed E-state index contributed by atoms with van der Waals surface area (Å²) >= 11 is 1.45. The normalized spacial score (nSPS) is 11.6. The van der Waals surface area contributed by atoms with Gasteiger partial charge in [0.05, 0.1) is 6.61 Å². The number of aromatic nitrogens is 5. The first-order chi connectivity index (χ1) is 17.7. The number of unbranched alkanes of at least 4 members (excludes halogenated alkanes) is 3. The molecule has 9 nitrogen and oxygen atoms in total. The van der Waals surface area contributed by atoms with Crippen LogP contribution in [0.2, 0.25) is 0 Å². The third kappa shape index (κ3) is 7.30. The van der Waals surface area contributed by atoms with E-state index in [-0.39, 0.29) is 0 Å². The minimum atomic E-state index is -0.568. The Morgan fingerprint density at radius 3 is 2.58 bits per heavy atom. The van der Waals surface area contributed by atoms with E-state index in [4.69, 9.17) is 14.3 Å². The zero-order chi connectivity index (χ0) is 25.0. The van der Waals surface area contributed by atoms with E-state index in [1.54, 1.807) is 37.5 Å². The smallest absolute Gasteiger partial charge is 0.358 e. The number of allylic oxidation sites excluding steroid dienone is 2. The average Bonchev–Trinajstić information content (AvgIpc) is 3.54. The summed E-state index contributed by atoms with van der Waals surface area (Å²) in [4.78, 5) is 18.3. The van der Waals surface area contributed by atoms with Crippen LogP contribution in [0.1, 0.15) is 30.7 Å². The third-order valence-corrected chi connectivity index (χ3v) is 6.07. The van der Waals surface area contributed by atoms with Crippen LogP contribution in [0.15, 0.2) is 66.8 Å². The molecule has 0 bridgehead atoms. The van der Waals surface area contributed by atoms with E-state index < -0.39 is 5.97 Å². The van der Waals surface area contributed by atoms with Crippen LogP contribution >= 0.6 is 11.3 Å². The van der Waals surface area contributed by atoms with Crippen molar-refractivity contribution in [3.63, 3.8) is 0 Å². The van der Waals surface area contributed by atoms with Gasteiger partial charge in [-0.25, -0.2) is 4.79 Å². The minimum Gasteiger partial charge on any atom is -0.494 e. The Balaban J connectivity index is 1.22. The van der Waals surface area contributed by atoms with Crippen molar-refractivity contribution in [2.75, 3.05) is 20.3 Å². The molecule has 0 aliphatic heterocycles. The first-order valence-corrected chi connectivity index (χ1v) is 12.5. The van der Waals surface area contributed by atoms with Crippen LogP contribution in [0, 0.1) is 0 Å². The number of methoxy groups -OCH3 is 1. The molecule has 2 heterocycles. The van der Waals surface area contributed by atoms with Crippen LogP contribution in [-0.2, 0) is 9.53 Å². The molecule has 0 unspecified atom stereocenters. The zero-order valence-electron chi connectivity index (χ0n) is 19.9. The van der Waals surface area contributed by atoms with Gasteiger partial charge in [-0.05, 0) is 67.0 Å². The summed E-state index contributed by atoms with van der Waals surface area (Å²) in [6.45, 7) is 1.52. The van der Waals surface area contributed by atoms with Crippen LogP contribution in [0.5, 0.6) is 5.75 Å². The second kappa shape index (κ2) is 13.3. The van der Waals surface area contributed by atoms with Crippen LogP contribution in [0.3, 0.4) is 0 Å². The summed E-state index contributed by atoms with van der Waals surface area (Å²) in [5, 5.41) is 17.7. The number of carbonyl (C=O) groups is 1. The third-order valence-electron chi connectivity index (χ3n) is 5.13. The maximum Gasteiger partial charge on any atom is 0.358 e. The number of hydrogen-bond acceptors (Lipinski definition) is 9. The molecule has 0 fully saturated rings. The molecule has 0 N–H and O–H groups in total. The van der Waals surface area contributed by atoms with Crippen molar-refractivity contribution in [1.82, 2.24) is 25.4 Å². The lowest BCUT2D eigenvalue weighted by molar-refractivity contribution is -0.139. The van der Waals surface area contributed by atoms with Crippen molar-refractivity contribution in [1.29, 1.82) is 0 Å². The molecule has 0 saturated heterocycles. The zero-order valence-corrected chi connectivity index (χ0v) is 20.8. The molecule has 2 aromatic carbocycles. The van der Waals surface area contributed by atoms with Crippen molar-refractivity contribution in [2.24, 2.45) is 0 Å². The minimum absolute atomic E-state index is 0.568. The van der Waals surface area contributed by atoms with Crippen LogP contribution in [0.25, 0.3) is 27.7 Å². The van der Waals surface area contributed by atoms with E-state index in [0.717, 1.165) is 58.5 Å². The molecule has 0 radical (unpaired) electrons. The SMILES string of the molecule is COCCCCCCOc1ccc(-c2nnc(C=CC=CC(=O)On3nnc4ccccc43)s2)cc1. The molecular formula is C26H27N5O4S. The Kier molecular flexibility index (Phi) is 9.29. The fourth-order valence-corrected chi connectivity index (χ4v) is 4.07. The summed E-state index contributed by atoms with van der Waals surface area (Å²) in [5.74, 6) is 0.276. The summed E-state index contributed by atoms with van der Waals surface area (Å²) in [7, 11) is 1.73. The Morgan fingerprint density at radius 2 is 1.75 bits per heavy atom. The lowest BCUT2D eigenvalue weighted by Crippen LogP contribution is -2.18. The number of carbonyl (C=O) groups excluding carboxylic acids is 1. The largest absolute Gasteiger partial charge is 0.494 e. The van der Waals surface area contributed by atoms with Gasteiger partial charge in [-0.1, -0.05) is 46.9 Å². The molecular weight excluding hydrogens is 478 g/mol. The van der Waals surface area contributed by atoms with Gasteiger partial charge in [-0.15, -0.1) is 15.3 Å². The first-order valence-electron chi connectivity index (χ1n) is 11.7. The van der Waals surface area contributed by atoms with Crippen LogP contribution in [0.4, 0.5) is 0 Å². The quantitative estimate of drug-likeness (QED) is 0.111. The highest BCUT2D eigenvalue weighted by Crippen LogP contribution is 2.26. The number of nitrogens with zero attached hydrogens (tertiary/aromatic N) is 5. The number of rotatable bonds is 13. The highest BCUT2D eigenvalue weighted by Gasteiger charge is 2.07. The van der Waals surface area contributed by atoms with Gasteiger partial charge in [0.2, 0.25) is 0 Å². The standard InChI is InChI=1S/C26H27N5O4S/c1-33-18-8-2-3-9-19-34-21-16-14-20(15-17-21)26-29-28-24(36-26)12-6-7-13-25(32)35-31-23-11-5-4-10-22(23)27-30-31/h4-7,10-17H,2-3,8-9,18-19H2,1H3. The molecule has 0 spiro atoms. The highest BCUT2D eigenvalue weighted by atomic mass is 32.1. The molecule has 0 aliphatic carbocycles. The number of benzene rings is 2. The van der Waals surface area contributed by atoms with Crippen molar-refractivity contribution in [3.8, 4) is 16.3 Å². The predicted octanol–water partition coefficient (Wildman–Crippen LogP) is 4.76. The molecule has 4 aromatic rings. The highest BCUT2D eigenvalue weighted by molar-refractivity contribution is 7.15. The van der Waals surface area contributed by atoms with Gasteiger partial charge in [0.15, 0.2) is 0 Å². The van der Waals surface area contributed by atoms with Crippen molar-refractivity contribution >= 4 is 34.4 Å². The Bertz CT molecular complexity index is 1310. The lowest BCUT2D eigenvalue weighted by atomic mass is 10.2. The molecule has 2 aromatic heterocycles. The van der Waals surface area contributed by atoms with E-state index in [0.29, 0.717) is 17.6 Å². The van der Waals surface area contributed by atoms with E-state index >= 15 is 0 Å². The lowest BCUT2D eigenvalue weighted by Gasteiger charge is -2.06. The monoisotopic (exact) mass is 505 g/mol. The maximum atomic E-state index is 12.0. The topological polar surface area (TPSA) is 101 Å². The van der Waals surface area contributed by atoms with E-state index in [9.17, 15) is 4.79 Å². The fraction of sp³-hybridized carbons (Fsp3) is 0.269. The van der Waals surface area contributed by atoms with Gasteiger partial charge in [0.1, 0.15) is 26.8 Å². The Labute approximate surface area is 213 Å². The van der Waals surface area contributed by atoms with Gasteiger partial charge >= 0.3 is 5.97 Å². The summed E-state index contributed by atoms with van der Waals surface area (Å²) < 4.78 is 10.9. The predicted molar refractivity (Wildman–Crippen MR) is 138 cm³/mol. The first kappa shape index (κ1) is 25.2.